The zero-order valence-corrected chi connectivity index (χ0v) is 28.3. The largest absolute Gasteiger partial charge is 0.465 e. The first-order valence-corrected chi connectivity index (χ1v) is 15.4. The number of ether oxygens (including phenoxy) is 2. The highest BCUT2D eigenvalue weighted by molar-refractivity contribution is 5.67. The van der Waals surface area contributed by atoms with E-state index in [-0.39, 0.29) is 16.8 Å². The number of carbonyl (C=O) groups excluding carboxylic acids is 2. The number of allylic oxidation sites excluding steroid dienone is 1. The van der Waals surface area contributed by atoms with Crippen molar-refractivity contribution in [3.05, 3.63) is 77.9 Å². The summed E-state index contributed by atoms with van der Waals surface area (Å²) in [4.78, 5) is 50.5. The van der Waals surface area contributed by atoms with Crippen LogP contribution in [0.4, 0.5) is 0 Å². The maximum absolute atomic E-state index is 13.0. The summed E-state index contributed by atoms with van der Waals surface area (Å²) in [6.45, 7) is 20.6. The Morgan fingerprint density at radius 2 is 1.43 bits per heavy atom. The molecule has 0 aromatic carbocycles. The van der Waals surface area contributed by atoms with Crippen LogP contribution in [0, 0.1) is 26.7 Å². The summed E-state index contributed by atoms with van der Waals surface area (Å²) in [5.74, 6) is -1.07. The van der Waals surface area contributed by atoms with E-state index >= 15 is 0 Å². The lowest BCUT2D eigenvalue weighted by Gasteiger charge is -2.34. The van der Waals surface area contributed by atoms with E-state index in [0.29, 0.717) is 58.1 Å². The van der Waals surface area contributed by atoms with E-state index in [0.717, 1.165) is 0 Å². The van der Waals surface area contributed by atoms with E-state index in [1.807, 2.05) is 47.6 Å². The number of hydrogen-bond donors (Lipinski definition) is 1. The second-order valence-corrected chi connectivity index (χ2v) is 12.0. The molecular weight excluding hydrogens is 564 g/mol. The van der Waals surface area contributed by atoms with Crippen LogP contribution < -0.4 is 10.9 Å². The van der Waals surface area contributed by atoms with Gasteiger partial charge in [0.1, 0.15) is 35.2 Å². The van der Waals surface area contributed by atoms with Gasteiger partial charge >= 0.3 is 11.9 Å². The molecule has 0 saturated carbocycles. The van der Waals surface area contributed by atoms with Gasteiger partial charge in [-0.3, -0.25) is 19.2 Å². The molecule has 2 aromatic rings. The van der Waals surface area contributed by atoms with Crippen LogP contribution in [0.3, 0.4) is 0 Å². The molecule has 9 nitrogen and oxygen atoms in total. The quantitative estimate of drug-likeness (QED) is 0.204. The summed E-state index contributed by atoms with van der Waals surface area (Å²) >= 11 is 0. The molecule has 1 N–H and O–H groups in total. The van der Waals surface area contributed by atoms with Crippen LogP contribution in [-0.2, 0) is 25.5 Å². The monoisotopic (exact) mass is 614 g/mol. The average Bonchev–Trinajstić information content (AvgIpc) is 2.97. The Kier molecular flexibility index (Phi) is 12.9. The lowest BCUT2D eigenvalue weighted by atomic mass is 9.83. The fraction of sp³-hybridized carbons (Fsp3) is 0.600. The summed E-state index contributed by atoms with van der Waals surface area (Å²) in [5.41, 5.74) is 1.79. The van der Waals surface area contributed by atoms with Gasteiger partial charge in [-0.05, 0) is 39.7 Å². The zero-order valence-electron chi connectivity index (χ0n) is 28.3. The Balaban J connectivity index is 2.60. The molecule has 0 aliphatic rings. The SMILES string of the molecule is CCc1oc([C@H](C)[C@H](OC(C)=O)[C@@H](C)[C@@H](OC(C)=O)/C(C)=C/[C@H](C)c2cc(=O)c(C)c([C@@H](C)C(O)CC)o2)c(C)c(=O)c1C. The molecule has 7 atom stereocenters. The predicted molar refractivity (Wildman–Crippen MR) is 169 cm³/mol. The fourth-order valence-corrected chi connectivity index (χ4v) is 5.90. The van der Waals surface area contributed by atoms with Gasteiger partial charge in [-0.1, -0.05) is 47.6 Å². The number of aliphatic hydroxyl groups is 1. The summed E-state index contributed by atoms with van der Waals surface area (Å²) in [7, 11) is 0. The minimum atomic E-state index is -0.817. The second-order valence-electron chi connectivity index (χ2n) is 12.0. The fourth-order valence-electron chi connectivity index (χ4n) is 5.90. The summed E-state index contributed by atoms with van der Waals surface area (Å²) in [5, 5.41) is 10.4. The van der Waals surface area contributed by atoms with Gasteiger partial charge in [-0.15, -0.1) is 0 Å². The van der Waals surface area contributed by atoms with E-state index < -0.39 is 48.0 Å². The Bertz CT molecular complexity index is 1480. The van der Waals surface area contributed by atoms with Gasteiger partial charge in [0.25, 0.3) is 0 Å². The van der Waals surface area contributed by atoms with Crippen molar-refractivity contribution in [2.24, 2.45) is 5.92 Å². The van der Waals surface area contributed by atoms with Crippen molar-refractivity contribution in [3.63, 3.8) is 0 Å². The molecule has 2 heterocycles. The van der Waals surface area contributed by atoms with E-state index in [1.165, 1.54) is 19.9 Å². The molecule has 1 unspecified atom stereocenters. The van der Waals surface area contributed by atoms with E-state index in [9.17, 15) is 24.3 Å². The van der Waals surface area contributed by atoms with Crippen molar-refractivity contribution in [1.29, 1.82) is 0 Å². The van der Waals surface area contributed by atoms with Crippen LogP contribution in [0.25, 0.3) is 0 Å². The molecule has 0 amide bonds. The average molecular weight is 615 g/mol. The van der Waals surface area contributed by atoms with Crippen molar-refractivity contribution in [1.82, 2.24) is 0 Å². The Morgan fingerprint density at radius 3 is 1.95 bits per heavy atom. The van der Waals surface area contributed by atoms with Crippen molar-refractivity contribution < 1.29 is 33.0 Å². The molecule has 0 saturated heterocycles. The number of aryl methyl sites for hydroxylation is 1. The van der Waals surface area contributed by atoms with Gasteiger partial charge in [-0.25, -0.2) is 0 Å². The highest BCUT2D eigenvalue weighted by atomic mass is 16.6. The lowest BCUT2D eigenvalue weighted by Crippen LogP contribution is -2.40. The minimum absolute atomic E-state index is 0.120. The number of hydrogen-bond acceptors (Lipinski definition) is 9. The molecule has 9 heteroatoms. The number of carbonyl (C=O) groups is 2. The smallest absolute Gasteiger partial charge is 0.303 e. The van der Waals surface area contributed by atoms with Crippen molar-refractivity contribution in [2.45, 2.75) is 132 Å². The highest BCUT2D eigenvalue weighted by Gasteiger charge is 2.38. The van der Waals surface area contributed by atoms with Crippen molar-refractivity contribution in [3.8, 4) is 0 Å². The van der Waals surface area contributed by atoms with Crippen LogP contribution in [0.5, 0.6) is 0 Å². The first kappa shape index (κ1) is 36.7. The summed E-state index contributed by atoms with van der Waals surface area (Å²) in [6, 6.07) is 1.44. The zero-order chi connectivity index (χ0) is 33.6. The Hall–Kier alpha value is -3.46. The molecule has 2 rings (SSSR count). The van der Waals surface area contributed by atoms with Crippen LogP contribution in [0.15, 0.2) is 36.1 Å². The normalized spacial score (nSPS) is 16.8. The standard InChI is InChI=1S/C35H50O9/c1-13-27(38)19(5)33-20(6)28(39)16-30(44-33)17(3)15-18(4)32(41-25(11)36)23(9)35(42-26(12)37)24(10)34-22(8)31(40)21(7)29(14-2)43-34/h15-17,19,23-24,27,32,35,38H,13-14H2,1-12H3/b18-15+/t17-,19-,23-,24-,27?,32-,35+/m0/s1. The van der Waals surface area contributed by atoms with Gasteiger partial charge in [0.15, 0.2) is 10.9 Å². The van der Waals surface area contributed by atoms with Gasteiger partial charge in [0, 0.05) is 60.8 Å². The third-order valence-electron chi connectivity index (χ3n) is 8.58. The van der Waals surface area contributed by atoms with Gasteiger partial charge in [0.2, 0.25) is 0 Å². The predicted octanol–water partition coefficient (Wildman–Crippen LogP) is 6.31. The van der Waals surface area contributed by atoms with Crippen LogP contribution >= 0.6 is 0 Å². The van der Waals surface area contributed by atoms with Gasteiger partial charge in [0.05, 0.1) is 12.0 Å². The molecule has 0 aliphatic heterocycles. The number of rotatable bonds is 13. The Labute approximate surface area is 260 Å². The lowest BCUT2D eigenvalue weighted by molar-refractivity contribution is -0.157. The second kappa shape index (κ2) is 15.5. The minimum Gasteiger partial charge on any atom is -0.465 e. The van der Waals surface area contributed by atoms with E-state index in [1.54, 1.807) is 27.7 Å². The maximum Gasteiger partial charge on any atom is 0.303 e. The molecule has 44 heavy (non-hydrogen) atoms. The highest BCUT2D eigenvalue weighted by Crippen LogP contribution is 2.35. The molecule has 0 fully saturated rings. The van der Waals surface area contributed by atoms with Crippen LogP contribution in [0.1, 0.15) is 126 Å². The topological polar surface area (TPSA) is 133 Å². The van der Waals surface area contributed by atoms with Crippen molar-refractivity contribution in [2.75, 3.05) is 0 Å². The number of esters is 2. The van der Waals surface area contributed by atoms with E-state index in [4.69, 9.17) is 18.3 Å². The molecule has 244 valence electrons. The van der Waals surface area contributed by atoms with E-state index in [2.05, 4.69) is 0 Å². The summed E-state index contributed by atoms with van der Waals surface area (Å²) < 4.78 is 24.0. The maximum atomic E-state index is 13.0. The van der Waals surface area contributed by atoms with Gasteiger partial charge in [-0.2, -0.15) is 0 Å². The molecule has 0 bridgehead atoms. The molecule has 0 spiro atoms. The first-order valence-electron chi connectivity index (χ1n) is 15.4. The molecular formula is C35H50O9. The molecule has 0 radical (unpaired) electrons. The Morgan fingerprint density at radius 1 is 0.864 bits per heavy atom. The first-order chi connectivity index (χ1) is 20.5. The number of aliphatic hydroxyl groups excluding tert-OH is 1. The van der Waals surface area contributed by atoms with Crippen LogP contribution in [-0.4, -0.2) is 35.4 Å². The van der Waals surface area contributed by atoms with Crippen LogP contribution in [0.2, 0.25) is 0 Å². The summed E-state index contributed by atoms with van der Waals surface area (Å²) in [6.07, 6.45) is 0.594. The molecule has 0 aliphatic carbocycles. The van der Waals surface area contributed by atoms with Crippen molar-refractivity contribution >= 4 is 11.9 Å². The van der Waals surface area contributed by atoms with Gasteiger partial charge < -0.3 is 23.4 Å². The third kappa shape index (κ3) is 8.37. The third-order valence-corrected chi connectivity index (χ3v) is 8.58. The molecule has 2 aromatic heterocycles.